The van der Waals surface area contributed by atoms with Crippen LogP contribution in [0, 0.1) is 0 Å². The van der Waals surface area contributed by atoms with E-state index in [0.29, 0.717) is 17.6 Å². The summed E-state index contributed by atoms with van der Waals surface area (Å²) in [6, 6.07) is 74.2. The molecule has 294 valence electrons. The molecule has 0 radical (unpaired) electrons. The van der Waals surface area contributed by atoms with Gasteiger partial charge in [0.15, 0.2) is 11.6 Å². The van der Waals surface area contributed by atoms with Gasteiger partial charge in [0, 0.05) is 49.1 Å². The number of hydrogen-bond acceptors (Lipinski definition) is 4. The van der Waals surface area contributed by atoms with E-state index in [2.05, 4.69) is 191 Å². The van der Waals surface area contributed by atoms with Crippen LogP contribution in [0.25, 0.3) is 122 Å². The second-order valence-corrected chi connectivity index (χ2v) is 16.0. The fraction of sp³-hybridized carbons (Fsp3) is 0. The van der Waals surface area contributed by atoms with Gasteiger partial charge in [0.2, 0.25) is 5.95 Å². The second-order valence-electron chi connectivity index (χ2n) is 16.0. The Morgan fingerprint density at radius 2 is 0.810 bits per heavy atom. The summed E-state index contributed by atoms with van der Waals surface area (Å²) >= 11 is 0. The van der Waals surface area contributed by atoms with Crippen molar-refractivity contribution in [1.82, 2.24) is 24.1 Å². The number of benzene rings is 9. The Morgan fingerprint density at radius 3 is 1.48 bits per heavy atom. The Kier molecular flexibility index (Phi) is 7.80. The highest BCUT2D eigenvalue weighted by Gasteiger charge is 2.25. The fourth-order valence-corrected chi connectivity index (χ4v) is 9.62. The van der Waals surface area contributed by atoms with Gasteiger partial charge in [0.1, 0.15) is 11.2 Å². The Labute approximate surface area is 361 Å². The van der Waals surface area contributed by atoms with E-state index in [4.69, 9.17) is 19.4 Å². The van der Waals surface area contributed by atoms with Crippen molar-refractivity contribution >= 4 is 65.6 Å². The molecule has 0 atom stereocenters. The van der Waals surface area contributed by atoms with Gasteiger partial charge in [-0.05, 0) is 58.7 Å². The van der Waals surface area contributed by atoms with Gasteiger partial charge in [-0.2, -0.15) is 9.97 Å². The Balaban J connectivity index is 1.15. The SMILES string of the molecule is c1ccc(-c2ccc(-c3nc(-c4cccc5oc6cccc(-c7ccccc7)c6c45)nc(-n4c5ccccc5c5ccc6c7ccccc7n(-c7ccccc7)c6c54)n3)cc2)cc1. The van der Waals surface area contributed by atoms with Crippen LogP contribution in [0.4, 0.5) is 0 Å². The number of fused-ring (bicyclic) bond motifs is 10. The second kappa shape index (κ2) is 14.0. The third-order valence-electron chi connectivity index (χ3n) is 12.4. The molecule has 63 heavy (non-hydrogen) atoms. The molecule has 9 aromatic carbocycles. The molecule has 0 unspecified atom stereocenters. The quantitative estimate of drug-likeness (QED) is 0.168. The van der Waals surface area contributed by atoms with Crippen LogP contribution < -0.4 is 0 Å². The van der Waals surface area contributed by atoms with Crippen LogP contribution in [0.2, 0.25) is 0 Å². The van der Waals surface area contributed by atoms with Crippen molar-refractivity contribution in [3.8, 4) is 56.7 Å². The van der Waals surface area contributed by atoms with Gasteiger partial charge >= 0.3 is 0 Å². The number of hydrogen-bond donors (Lipinski definition) is 0. The van der Waals surface area contributed by atoms with Crippen molar-refractivity contribution in [2.75, 3.05) is 0 Å². The highest BCUT2D eigenvalue weighted by atomic mass is 16.3. The summed E-state index contributed by atoms with van der Waals surface area (Å²) in [5.74, 6) is 1.66. The summed E-state index contributed by atoms with van der Waals surface area (Å²) in [4.78, 5) is 16.3. The zero-order valence-electron chi connectivity index (χ0n) is 33.9. The van der Waals surface area contributed by atoms with Crippen LogP contribution in [-0.4, -0.2) is 24.1 Å². The van der Waals surface area contributed by atoms with Crippen molar-refractivity contribution in [3.63, 3.8) is 0 Å². The first-order valence-corrected chi connectivity index (χ1v) is 21.2. The molecule has 4 aromatic heterocycles. The van der Waals surface area contributed by atoms with Crippen LogP contribution in [-0.2, 0) is 0 Å². The Morgan fingerprint density at radius 1 is 0.317 bits per heavy atom. The van der Waals surface area contributed by atoms with Crippen molar-refractivity contribution in [2.24, 2.45) is 0 Å². The van der Waals surface area contributed by atoms with Gasteiger partial charge in [0.05, 0.1) is 22.1 Å². The van der Waals surface area contributed by atoms with Gasteiger partial charge in [0.25, 0.3) is 0 Å². The van der Waals surface area contributed by atoms with Gasteiger partial charge in [-0.25, -0.2) is 4.98 Å². The minimum absolute atomic E-state index is 0.527. The molecule has 0 N–H and O–H groups in total. The number of rotatable bonds is 6. The maximum atomic E-state index is 6.62. The molecule has 4 heterocycles. The molecule has 0 aliphatic heterocycles. The third kappa shape index (κ3) is 5.48. The molecule has 0 aliphatic rings. The van der Waals surface area contributed by atoms with Crippen molar-refractivity contribution < 1.29 is 4.42 Å². The highest BCUT2D eigenvalue weighted by Crippen LogP contribution is 2.44. The molecule has 6 heteroatoms. The number of furan rings is 1. The minimum Gasteiger partial charge on any atom is -0.456 e. The number of aromatic nitrogens is 5. The average Bonchev–Trinajstić information content (AvgIpc) is 4.03. The minimum atomic E-state index is 0.527. The average molecular weight is 806 g/mol. The first-order valence-electron chi connectivity index (χ1n) is 21.2. The zero-order chi connectivity index (χ0) is 41.4. The highest BCUT2D eigenvalue weighted by molar-refractivity contribution is 6.24. The summed E-state index contributed by atoms with van der Waals surface area (Å²) in [6.07, 6.45) is 0. The van der Waals surface area contributed by atoms with Crippen molar-refractivity contribution in [2.45, 2.75) is 0 Å². The van der Waals surface area contributed by atoms with Gasteiger partial charge < -0.3 is 8.98 Å². The lowest BCUT2D eigenvalue weighted by atomic mass is 9.97. The molecule has 0 spiro atoms. The summed E-state index contributed by atoms with van der Waals surface area (Å²) in [5, 5.41) is 6.55. The number of nitrogens with zero attached hydrogens (tertiary/aromatic N) is 5. The zero-order valence-corrected chi connectivity index (χ0v) is 33.9. The van der Waals surface area contributed by atoms with Crippen LogP contribution >= 0.6 is 0 Å². The lowest BCUT2D eigenvalue weighted by molar-refractivity contribution is 0.669. The van der Waals surface area contributed by atoms with Gasteiger partial charge in [-0.1, -0.05) is 176 Å². The third-order valence-corrected chi connectivity index (χ3v) is 12.4. The van der Waals surface area contributed by atoms with Crippen molar-refractivity contribution in [3.05, 3.63) is 212 Å². The van der Waals surface area contributed by atoms with E-state index in [1.807, 2.05) is 30.3 Å². The molecular weight excluding hydrogens is 771 g/mol. The maximum absolute atomic E-state index is 6.62. The van der Waals surface area contributed by atoms with E-state index in [0.717, 1.165) is 99.2 Å². The van der Waals surface area contributed by atoms with E-state index < -0.39 is 0 Å². The lowest BCUT2D eigenvalue weighted by Gasteiger charge is -2.14. The monoisotopic (exact) mass is 805 g/mol. The molecule has 0 saturated carbocycles. The van der Waals surface area contributed by atoms with Crippen LogP contribution in [0.15, 0.2) is 217 Å². The molecular formula is C57H35N5O. The first-order chi connectivity index (χ1) is 31.3. The Bertz CT molecular complexity index is 3890. The molecule has 0 aliphatic carbocycles. The van der Waals surface area contributed by atoms with Crippen LogP contribution in [0.3, 0.4) is 0 Å². The van der Waals surface area contributed by atoms with E-state index in [-0.39, 0.29) is 0 Å². The smallest absolute Gasteiger partial charge is 0.238 e. The van der Waals surface area contributed by atoms with E-state index in [9.17, 15) is 0 Å². The largest absolute Gasteiger partial charge is 0.456 e. The molecule has 0 bridgehead atoms. The predicted molar refractivity (Wildman–Crippen MR) is 258 cm³/mol. The van der Waals surface area contributed by atoms with Crippen LogP contribution in [0.1, 0.15) is 0 Å². The van der Waals surface area contributed by atoms with E-state index in [1.165, 1.54) is 5.39 Å². The fourth-order valence-electron chi connectivity index (χ4n) is 9.62. The van der Waals surface area contributed by atoms with E-state index in [1.54, 1.807) is 0 Å². The van der Waals surface area contributed by atoms with Gasteiger partial charge in [-0.15, -0.1) is 0 Å². The summed E-state index contributed by atoms with van der Waals surface area (Å²) in [6.45, 7) is 0. The topological polar surface area (TPSA) is 61.7 Å². The Hall–Kier alpha value is -8.61. The molecule has 13 aromatic rings. The summed E-state index contributed by atoms with van der Waals surface area (Å²) < 4.78 is 11.3. The van der Waals surface area contributed by atoms with E-state index >= 15 is 0 Å². The molecule has 0 saturated heterocycles. The first kappa shape index (κ1) is 35.2. The summed E-state index contributed by atoms with van der Waals surface area (Å²) in [5.41, 5.74) is 13.1. The molecule has 0 fully saturated rings. The van der Waals surface area contributed by atoms with Crippen LogP contribution in [0.5, 0.6) is 0 Å². The van der Waals surface area contributed by atoms with Gasteiger partial charge in [-0.3, -0.25) is 4.57 Å². The molecule has 6 nitrogen and oxygen atoms in total. The lowest BCUT2D eigenvalue weighted by Crippen LogP contribution is -2.07. The maximum Gasteiger partial charge on any atom is 0.238 e. The standard InChI is InChI=1S/C57H35N5O/c1-4-16-36(17-5-1)37-30-32-39(33-31-37)55-58-56(46-25-15-29-50-52(46)51-41(24-14-28-49(51)63-50)38-18-6-2-7-19-38)60-57(59-55)62-48-27-13-11-23-43(48)45-35-34-44-42-22-10-12-26-47(42)61(53(44)54(45)62)40-20-8-3-9-21-40/h1-35H. The predicted octanol–water partition coefficient (Wildman–Crippen LogP) is 14.6. The molecule has 13 rings (SSSR count). The number of para-hydroxylation sites is 3. The van der Waals surface area contributed by atoms with Crippen molar-refractivity contribution in [1.29, 1.82) is 0 Å². The summed E-state index contributed by atoms with van der Waals surface area (Å²) in [7, 11) is 0. The normalized spacial score (nSPS) is 11.8. The molecule has 0 amide bonds.